The van der Waals surface area contributed by atoms with Crippen LogP contribution in [0.2, 0.25) is 0 Å². The van der Waals surface area contributed by atoms with E-state index < -0.39 is 0 Å². The van der Waals surface area contributed by atoms with Crippen molar-refractivity contribution >= 4 is 5.71 Å². The van der Waals surface area contributed by atoms with Gasteiger partial charge in [0, 0.05) is 18.5 Å². The molecule has 1 aromatic rings. The molecule has 3 nitrogen and oxygen atoms in total. The maximum absolute atomic E-state index is 13.4. The molecule has 1 aliphatic rings. The highest BCUT2D eigenvalue weighted by atomic mass is 19.1. The third-order valence-corrected chi connectivity index (χ3v) is 2.33. The van der Waals surface area contributed by atoms with Crippen molar-refractivity contribution in [3.8, 4) is 0 Å². The van der Waals surface area contributed by atoms with Crippen molar-refractivity contribution in [1.82, 2.24) is 5.43 Å². The molecule has 4 heteroatoms. The highest BCUT2D eigenvalue weighted by Gasteiger charge is 2.21. The number of halogens is 1. The Morgan fingerprint density at radius 3 is 2.93 bits per heavy atom. The van der Waals surface area contributed by atoms with Crippen LogP contribution in [0.25, 0.3) is 0 Å². The van der Waals surface area contributed by atoms with Gasteiger partial charge in [-0.15, -0.1) is 0 Å². The summed E-state index contributed by atoms with van der Waals surface area (Å²) in [6.45, 7) is 0.429. The lowest BCUT2D eigenvalue weighted by Gasteiger charge is -2.10. The zero-order valence-corrected chi connectivity index (χ0v) is 7.70. The van der Waals surface area contributed by atoms with Gasteiger partial charge in [-0.05, 0) is 6.07 Å². The van der Waals surface area contributed by atoms with E-state index in [1.165, 1.54) is 6.07 Å². The Labute approximate surface area is 81.8 Å². The number of benzene rings is 1. The molecule has 14 heavy (non-hydrogen) atoms. The number of hydrazone groups is 1. The lowest BCUT2D eigenvalue weighted by molar-refractivity contribution is 0.549. The molecular formula is C10H12FN3. The maximum Gasteiger partial charge on any atom is 0.128 e. The lowest BCUT2D eigenvalue weighted by Crippen LogP contribution is -2.14. The lowest BCUT2D eigenvalue weighted by atomic mass is 10.0. The van der Waals surface area contributed by atoms with Crippen LogP contribution in [0, 0.1) is 5.82 Å². The van der Waals surface area contributed by atoms with Gasteiger partial charge in [0.25, 0.3) is 0 Å². The van der Waals surface area contributed by atoms with Gasteiger partial charge in [-0.2, -0.15) is 5.10 Å². The van der Waals surface area contributed by atoms with Crippen molar-refractivity contribution in [1.29, 1.82) is 0 Å². The first kappa shape index (κ1) is 9.15. The van der Waals surface area contributed by atoms with E-state index in [2.05, 4.69) is 10.5 Å². The molecule has 0 spiro atoms. The molecule has 0 saturated carbocycles. The molecule has 1 heterocycles. The Balaban J connectivity index is 2.16. The van der Waals surface area contributed by atoms with Gasteiger partial charge in [0.05, 0.1) is 11.8 Å². The molecule has 1 aromatic carbocycles. The standard InChI is InChI=1S/C10H12FN3/c11-9-4-2-1-3-8(9)10-5-7(6-12)13-14-10/h1-4,10,14H,5-6,12H2. The third-order valence-electron chi connectivity index (χ3n) is 2.33. The fraction of sp³-hybridized carbons (Fsp3) is 0.300. The van der Waals surface area contributed by atoms with Crippen LogP contribution < -0.4 is 11.2 Å². The molecule has 74 valence electrons. The van der Waals surface area contributed by atoms with Gasteiger partial charge >= 0.3 is 0 Å². The summed E-state index contributed by atoms with van der Waals surface area (Å²) in [6.07, 6.45) is 0.692. The van der Waals surface area contributed by atoms with E-state index in [9.17, 15) is 4.39 Å². The molecule has 0 fully saturated rings. The monoisotopic (exact) mass is 193 g/mol. The van der Waals surface area contributed by atoms with Gasteiger partial charge in [-0.3, -0.25) is 0 Å². The van der Waals surface area contributed by atoms with Gasteiger partial charge < -0.3 is 11.2 Å². The molecular weight excluding hydrogens is 181 g/mol. The van der Waals surface area contributed by atoms with E-state index in [4.69, 9.17) is 5.73 Å². The van der Waals surface area contributed by atoms with Crippen LogP contribution in [0.1, 0.15) is 18.0 Å². The predicted octanol–water partition coefficient (Wildman–Crippen LogP) is 1.17. The fourth-order valence-electron chi connectivity index (χ4n) is 1.56. The minimum absolute atomic E-state index is 0.0604. The van der Waals surface area contributed by atoms with Crippen LogP contribution in [-0.4, -0.2) is 12.3 Å². The van der Waals surface area contributed by atoms with E-state index in [1.807, 2.05) is 6.07 Å². The highest BCUT2D eigenvalue weighted by molar-refractivity contribution is 5.88. The number of nitrogens with two attached hydrogens (primary N) is 1. The van der Waals surface area contributed by atoms with Crippen molar-refractivity contribution < 1.29 is 4.39 Å². The molecule has 0 aliphatic carbocycles. The molecule has 0 radical (unpaired) electrons. The molecule has 2 rings (SSSR count). The van der Waals surface area contributed by atoms with E-state index >= 15 is 0 Å². The average molecular weight is 193 g/mol. The van der Waals surface area contributed by atoms with Gasteiger partial charge in [-0.25, -0.2) is 4.39 Å². The van der Waals surface area contributed by atoms with Crippen molar-refractivity contribution in [2.24, 2.45) is 10.8 Å². The number of nitrogens with one attached hydrogen (secondary N) is 1. The summed E-state index contributed by atoms with van der Waals surface area (Å²) in [4.78, 5) is 0. The summed E-state index contributed by atoms with van der Waals surface area (Å²) in [5, 5.41) is 4.03. The number of hydrogen-bond acceptors (Lipinski definition) is 3. The van der Waals surface area contributed by atoms with Gasteiger partial charge in [0.1, 0.15) is 5.82 Å². The number of hydrogen-bond donors (Lipinski definition) is 2. The molecule has 0 aromatic heterocycles. The second-order valence-corrected chi connectivity index (χ2v) is 3.29. The van der Waals surface area contributed by atoms with Gasteiger partial charge in [-0.1, -0.05) is 18.2 Å². The van der Waals surface area contributed by atoms with Crippen LogP contribution >= 0.6 is 0 Å². The second-order valence-electron chi connectivity index (χ2n) is 3.29. The normalized spacial score (nSPS) is 20.4. The Bertz CT molecular complexity index is 362. The summed E-state index contributed by atoms with van der Waals surface area (Å²) in [7, 11) is 0. The summed E-state index contributed by atoms with van der Waals surface area (Å²) in [5.41, 5.74) is 9.87. The SMILES string of the molecule is NCC1=NNC(c2ccccc2F)C1. The topological polar surface area (TPSA) is 50.4 Å². The average Bonchev–Trinajstić information content (AvgIpc) is 2.67. The van der Waals surface area contributed by atoms with Crippen molar-refractivity contribution in [3.63, 3.8) is 0 Å². The zero-order valence-electron chi connectivity index (χ0n) is 7.70. The van der Waals surface area contributed by atoms with E-state index in [1.54, 1.807) is 12.1 Å². The summed E-state index contributed by atoms with van der Waals surface area (Å²) >= 11 is 0. The van der Waals surface area contributed by atoms with Crippen LogP contribution in [0.4, 0.5) is 4.39 Å². The minimum atomic E-state index is -0.196. The largest absolute Gasteiger partial charge is 0.325 e. The van der Waals surface area contributed by atoms with Crippen LogP contribution in [0.15, 0.2) is 29.4 Å². The van der Waals surface area contributed by atoms with Gasteiger partial charge in [0.2, 0.25) is 0 Å². The highest BCUT2D eigenvalue weighted by Crippen LogP contribution is 2.23. The predicted molar refractivity (Wildman–Crippen MR) is 53.4 cm³/mol. The first-order valence-corrected chi connectivity index (χ1v) is 4.56. The smallest absolute Gasteiger partial charge is 0.128 e. The molecule has 0 amide bonds. The van der Waals surface area contributed by atoms with Crippen LogP contribution in [0.3, 0.4) is 0 Å². The Hall–Kier alpha value is -1.42. The van der Waals surface area contributed by atoms with Crippen LogP contribution in [0.5, 0.6) is 0 Å². The molecule has 0 saturated heterocycles. The molecule has 1 aliphatic heterocycles. The van der Waals surface area contributed by atoms with Crippen molar-refractivity contribution in [2.75, 3.05) is 6.54 Å². The Kier molecular flexibility index (Phi) is 2.45. The van der Waals surface area contributed by atoms with Crippen LogP contribution in [-0.2, 0) is 0 Å². The fourth-order valence-corrected chi connectivity index (χ4v) is 1.56. The molecule has 1 unspecified atom stereocenters. The zero-order chi connectivity index (χ0) is 9.97. The first-order valence-electron chi connectivity index (χ1n) is 4.56. The summed E-state index contributed by atoms with van der Waals surface area (Å²) in [6, 6.07) is 6.66. The third kappa shape index (κ3) is 1.61. The van der Waals surface area contributed by atoms with E-state index in [-0.39, 0.29) is 11.9 Å². The summed E-state index contributed by atoms with van der Waals surface area (Å²) in [5.74, 6) is -0.196. The van der Waals surface area contributed by atoms with E-state index in [0.29, 0.717) is 18.5 Å². The maximum atomic E-state index is 13.4. The first-order chi connectivity index (χ1) is 6.81. The Morgan fingerprint density at radius 1 is 1.50 bits per heavy atom. The van der Waals surface area contributed by atoms with Crippen molar-refractivity contribution in [2.45, 2.75) is 12.5 Å². The second kappa shape index (κ2) is 3.75. The number of rotatable bonds is 2. The molecule has 0 bridgehead atoms. The van der Waals surface area contributed by atoms with Gasteiger partial charge in [0.15, 0.2) is 0 Å². The van der Waals surface area contributed by atoms with E-state index in [0.717, 1.165) is 5.71 Å². The molecule has 3 N–H and O–H groups in total. The quantitative estimate of drug-likeness (QED) is 0.740. The molecule has 1 atom stereocenters. The minimum Gasteiger partial charge on any atom is -0.325 e. The van der Waals surface area contributed by atoms with Crippen molar-refractivity contribution in [3.05, 3.63) is 35.6 Å². The summed E-state index contributed by atoms with van der Waals surface area (Å²) < 4.78 is 13.4. The Morgan fingerprint density at radius 2 is 2.29 bits per heavy atom. The number of nitrogens with zero attached hydrogens (tertiary/aromatic N) is 1.